The lowest BCUT2D eigenvalue weighted by atomic mass is 9.86. The molecule has 3 heteroatoms. The Kier molecular flexibility index (Phi) is 4.40. The van der Waals surface area contributed by atoms with Crippen LogP contribution >= 0.6 is 0 Å². The highest BCUT2D eigenvalue weighted by atomic mass is 15.2. The van der Waals surface area contributed by atoms with Crippen LogP contribution in [0.2, 0.25) is 0 Å². The second kappa shape index (κ2) is 5.94. The van der Waals surface area contributed by atoms with E-state index in [0.29, 0.717) is 17.5 Å². The molecule has 1 saturated carbocycles. The molecule has 3 aliphatic rings. The Bertz CT molecular complexity index is 314. The van der Waals surface area contributed by atoms with Crippen LogP contribution in [0.3, 0.4) is 0 Å². The molecule has 2 saturated heterocycles. The molecule has 3 fully saturated rings. The van der Waals surface area contributed by atoms with Gasteiger partial charge in [-0.25, -0.2) is 0 Å². The normalized spacial score (nSPS) is 37.4. The van der Waals surface area contributed by atoms with Gasteiger partial charge < -0.3 is 10.6 Å². The van der Waals surface area contributed by atoms with E-state index in [2.05, 4.69) is 23.6 Å². The van der Waals surface area contributed by atoms with Gasteiger partial charge in [-0.1, -0.05) is 20.3 Å². The minimum Gasteiger partial charge on any atom is -0.326 e. The summed E-state index contributed by atoms with van der Waals surface area (Å²) in [6.07, 6.45) is 9.62. The molecule has 2 atom stereocenters. The van der Waals surface area contributed by atoms with Crippen LogP contribution in [-0.2, 0) is 0 Å². The molecule has 0 aromatic heterocycles. The van der Waals surface area contributed by atoms with E-state index in [-0.39, 0.29) is 0 Å². The van der Waals surface area contributed by atoms with E-state index >= 15 is 0 Å². The number of hydrogen-bond acceptors (Lipinski definition) is 3. The van der Waals surface area contributed by atoms with E-state index in [0.717, 1.165) is 6.04 Å². The molecule has 2 N–H and O–H groups in total. The fourth-order valence-corrected chi connectivity index (χ4v) is 4.66. The van der Waals surface area contributed by atoms with Gasteiger partial charge >= 0.3 is 0 Å². The topological polar surface area (TPSA) is 32.5 Å². The first-order valence-electron chi connectivity index (χ1n) is 8.81. The molecular formula is C17H33N3. The van der Waals surface area contributed by atoms with Gasteiger partial charge in [-0.15, -0.1) is 0 Å². The molecule has 0 radical (unpaired) electrons. The maximum atomic E-state index is 6.51. The van der Waals surface area contributed by atoms with E-state index in [4.69, 9.17) is 5.73 Å². The standard InChI is InChI=1S/C17H33N3/c1-17(2)9-6-15(16(17)18)20-12-7-14(8-13-20)19-10-4-3-5-11-19/h14-16H,3-13,18H2,1-2H3. The lowest BCUT2D eigenvalue weighted by molar-refractivity contribution is 0.0654. The van der Waals surface area contributed by atoms with Gasteiger partial charge in [0.25, 0.3) is 0 Å². The first-order valence-corrected chi connectivity index (χ1v) is 8.81. The molecule has 20 heavy (non-hydrogen) atoms. The SMILES string of the molecule is CC1(C)CCC(N2CCC(N3CCCCC3)CC2)C1N. The lowest BCUT2D eigenvalue weighted by Crippen LogP contribution is -2.54. The Balaban J connectivity index is 1.51. The molecule has 2 aliphatic heterocycles. The van der Waals surface area contributed by atoms with E-state index < -0.39 is 0 Å². The first kappa shape index (κ1) is 14.8. The quantitative estimate of drug-likeness (QED) is 0.843. The highest BCUT2D eigenvalue weighted by Gasteiger charge is 2.43. The molecule has 2 heterocycles. The molecule has 3 nitrogen and oxygen atoms in total. The summed E-state index contributed by atoms with van der Waals surface area (Å²) >= 11 is 0. The van der Waals surface area contributed by atoms with E-state index in [1.807, 2.05) is 0 Å². The van der Waals surface area contributed by atoms with Gasteiger partial charge in [0.2, 0.25) is 0 Å². The zero-order valence-corrected chi connectivity index (χ0v) is 13.5. The monoisotopic (exact) mass is 279 g/mol. The van der Waals surface area contributed by atoms with Gasteiger partial charge in [0, 0.05) is 18.1 Å². The molecule has 0 spiro atoms. The smallest absolute Gasteiger partial charge is 0.0252 e. The fourth-order valence-electron chi connectivity index (χ4n) is 4.66. The predicted octanol–water partition coefficient (Wildman–Crippen LogP) is 2.45. The van der Waals surface area contributed by atoms with Crippen molar-refractivity contribution in [2.45, 2.75) is 76.9 Å². The van der Waals surface area contributed by atoms with E-state index in [9.17, 15) is 0 Å². The first-order chi connectivity index (χ1) is 9.58. The van der Waals surface area contributed by atoms with Crippen molar-refractivity contribution in [3.63, 3.8) is 0 Å². The molecule has 116 valence electrons. The zero-order chi connectivity index (χ0) is 14.2. The zero-order valence-electron chi connectivity index (χ0n) is 13.5. The second-order valence-corrected chi connectivity index (χ2v) is 7.98. The maximum absolute atomic E-state index is 6.51. The van der Waals surface area contributed by atoms with Crippen LogP contribution in [0.15, 0.2) is 0 Å². The summed E-state index contributed by atoms with van der Waals surface area (Å²) < 4.78 is 0. The number of hydrogen-bond donors (Lipinski definition) is 1. The van der Waals surface area contributed by atoms with Crippen LogP contribution in [0.5, 0.6) is 0 Å². The average Bonchev–Trinajstić information content (AvgIpc) is 2.75. The Labute approximate surface area is 124 Å². The number of nitrogens with zero attached hydrogens (tertiary/aromatic N) is 2. The summed E-state index contributed by atoms with van der Waals surface area (Å²) in [5.74, 6) is 0. The van der Waals surface area contributed by atoms with Gasteiger partial charge in [0.15, 0.2) is 0 Å². The highest BCUT2D eigenvalue weighted by Crippen LogP contribution is 2.39. The molecule has 2 unspecified atom stereocenters. The summed E-state index contributed by atoms with van der Waals surface area (Å²) in [5, 5.41) is 0. The van der Waals surface area contributed by atoms with Crippen molar-refractivity contribution in [3.8, 4) is 0 Å². The summed E-state index contributed by atoms with van der Waals surface area (Å²) in [7, 11) is 0. The predicted molar refractivity (Wildman–Crippen MR) is 84.8 cm³/mol. The van der Waals surface area contributed by atoms with Crippen LogP contribution in [0, 0.1) is 5.41 Å². The summed E-state index contributed by atoms with van der Waals surface area (Å²) in [6, 6.07) is 1.87. The number of likely N-dealkylation sites (tertiary alicyclic amines) is 2. The number of rotatable bonds is 2. The van der Waals surface area contributed by atoms with Crippen molar-refractivity contribution < 1.29 is 0 Å². The molecule has 0 bridgehead atoms. The van der Waals surface area contributed by atoms with Crippen molar-refractivity contribution in [2.75, 3.05) is 26.2 Å². The lowest BCUT2D eigenvalue weighted by Gasteiger charge is -2.43. The maximum Gasteiger partial charge on any atom is 0.0252 e. The Morgan fingerprint density at radius 2 is 1.50 bits per heavy atom. The van der Waals surface area contributed by atoms with Crippen molar-refractivity contribution in [1.29, 1.82) is 0 Å². The van der Waals surface area contributed by atoms with Crippen LogP contribution in [0.1, 0.15) is 58.8 Å². The summed E-state index contributed by atoms with van der Waals surface area (Å²) in [4.78, 5) is 5.47. The van der Waals surface area contributed by atoms with Gasteiger partial charge in [-0.2, -0.15) is 0 Å². The van der Waals surface area contributed by atoms with Gasteiger partial charge in [-0.3, -0.25) is 4.90 Å². The number of piperidine rings is 2. The van der Waals surface area contributed by atoms with Crippen molar-refractivity contribution >= 4 is 0 Å². The molecule has 0 amide bonds. The molecular weight excluding hydrogens is 246 g/mol. The van der Waals surface area contributed by atoms with Crippen molar-refractivity contribution in [1.82, 2.24) is 9.80 Å². The molecule has 3 rings (SSSR count). The van der Waals surface area contributed by atoms with Crippen LogP contribution in [-0.4, -0.2) is 54.1 Å². The second-order valence-electron chi connectivity index (χ2n) is 7.98. The Hall–Kier alpha value is -0.120. The van der Waals surface area contributed by atoms with E-state index in [1.165, 1.54) is 71.1 Å². The van der Waals surface area contributed by atoms with Crippen LogP contribution in [0.4, 0.5) is 0 Å². The average molecular weight is 279 g/mol. The third-order valence-corrected chi connectivity index (χ3v) is 6.28. The summed E-state index contributed by atoms with van der Waals surface area (Å²) in [6.45, 7) is 9.93. The van der Waals surface area contributed by atoms with Crippen molar-refractivity contribution in [3.05, 3.63) is 0 Å². The fraction of sp³-hybridized carbons (Fsp3) is 1.00. The van der Waals surface area contributed by atoms with E-state index in [1.54, 1.807) is 0 Å². The third kappa shape index (κ3) is 2.90. The Morgan fingerprint density at radius 3 is 2.05 bits per heavy atom. The van der Waals surface area contributed by atoms with Crippen LogP contribution in [0.25, 0.3) is 0 Å². The van der Waals surface area contributed by atoms with Gasteiger partial charge in [0.05, 0.1) is 0 Å². The molecule has 1 aliphatic carbocycles. The van der Waals surface area contributed by atoms with Crippen molar-refractivity contribution in [2.24, 2.45) is 11.1 Å². The summed E-state index contributed by atoms with van der Waals surface area (Å²) in [5.41, 5.74) is 6.85. The third-order valence-electron chi connectivity index (χ3n) is 6.28. The minimum absolute atomic E-state index is 0.342. The van der Waals surface area contributed by atoms with Gasteiger partial charge in [0.1, 0.15) is 0 Å². The number of nitrogens with two attached hydrogens (primary N) is 1. The molecule has 0 aromatic carbocycles. The minimum atomic E-state index is 0.342. The largest absolute Gasteiger partial charge is 0.326 e. The highest BCUT2D eigenvalue weighted by molar-refractivity contribution is 5.00. The van der Waals surface area contributed by atoms with Gasteiger partial charge in [-0.05, 0) is 70.1 Å². The van der Waals surface area contributed by atoms with Crippen LogP contribution < -0.4 is 5.73 Å². The Morgan fingerprint density at radius 1 is 0.850 bits per heavy atom. The molecule has 0 aromatic rings.